The van der Waals surface area contributed by atoms with Crippen LogP contribution in [0.1, 0.15) is 11.4 Å². The lowest BCUT2D eigenvalue weighted by Gasteiger charge is -2.26. The van der Waals surface area contributed by atoms with Gasteiger partial charge in [-0.3, -0.25) is 19.0 Å². The molecule has 3 heterocycles. The Labute approximate surface area is 204 Å². The first kappa shape index (κ1) is 23.7. The predicted molar refractivity (Wildman–Crippen MR) is 125 cm³/mol. The third kappa shape index (κ3) is 4.35. The van der Waals surface area contributed by atoms with Crippen LogP contribution in [-0.2, 0) is 29.7 Å². The van der Waals surface area contributed by atoms with E-state index in [0.29, 0.717) is 54.3 Å². The number of carbonyl (C=O) groups excluding carboxylic acids is 1. The molecule has 2 aromatic carbocycles. The Morgan fingerprint density at radius 2 is 1.97 bits per heavy atom. The lowest BCUT2D eigenvalue weighted by Crippen LogP contribution is -2.43. The number of hydrogen-bond acceptors (Lipinski definition) is 6. The molecule has 0 saturated carbocycles. The van der Waals surface area contributed by atoms with Crippen molar-refractivity contribution in [1.29, 1.82) is 0 Å². The highest BCUT2D eigenvalue weighted by Crippen LogP contribution is 2.34. The minimum atomic E-state index is -0.645. The molecule has 0 radical (unpaired) electrons. The summed E-state index contributed by atoms with van der Waals surface area (Å²) >= 11 is 0. The summed E-state index contributed by atoms with van der Waals surface area (Å²) in [7, 11) is 1.54. The number of H-pyrrole nitrogens is 1. The Bertz CT molecular complexity index is 1470. The van der Waals surface area contributed by atoms with Crippen LogP contribution in [0.2, 0.25) is 0 Å². The number of aromatic amines is 1. The van der Waals surface area contributed by atoms with E-state index in [-0.39, 0.29) is 30.3 Å². The van der Waals surface area contributed by atoms with Crippen molar-refractivity contribution in [3.05, 3.63) is 64.1 Å². The second-order valence-corrected chi connectivity index (χ2v) is 8.57. The highest BCUT2D eigenvalue weighted by molar-refractivity contribution is 5.94. The van der Waals surface area contributed by atoms with Gasteiger partial charge in [-0.1, -0.05) is 0 Å². The number of nitrogens with zero attached hydrogens (tertiary/aromatic N) is 5. The second-order valence-electron chi connectivity index (χ2n) is 8.57. The first-order valence-electron chi connectivity index (χ1n) is 11.4. The van der Waals surface area contributed by atoms with Gasteiger partial charge in [-0.2, -0.15) is 5.10 Å². The number of aryl methyl sites for hydroxylation is 2. The van der Waals surface area contributed by atoms with E-state index in [4.69, 9.17) is 9.47 Å². The van der Waals surface area contributed by atoms with Crippen molar-refractivity contribution in [1.82, 2.24) is 29.2 Å². The zero-order chi connectivity index (χ0) is 25.4. The van der Waals surface area contributed by atoms with Gasteiger partial charge in [0.05, 0.1) is 24.2 Å². The summed E-state index contributed by atoms with van der Waals surface area (Å²) in [4.78, 5) is 31.5. The lowest BCUT2D eigenvalue weighted by molar-refractivity contribution is -0.135. The van der Waals surface area contributed by atoms with Gasteiger partial charge in [-0.15, -0.1) is 0 Å². The molecule has 1 aliphatic heterocycles. The number of aromatic nitrogens is 5. The van der Waals surface area contributed by atoms with Crippen LogP contribution in [0.3, 0.4) is 0 Å². The Balaban J connectivity index is 1.53. The van der Waals surface area contributed by atoms with Crippen molar-refractivity contribution >= 4 is 16.9 Å². The monoisotopic (exact) mass is 498 g/mol. The zero-order valence-electron chi connectivity index (χ0n) is 19.8. The topological polar surface area (TPSA) is 107 Å². The van der Waals surface area contributed by atoms with E-state index < -0.39 is 17.3 Å². The summed E-state index contributed by atoms with van der Waals surface area (Å²) in [6.45, 7) is 3.15. The van der Waals surface area contributed by atoms with Gasteiger partial charge in [-0.25, -0.2) is 18.6 Å². The molecule has 12 heteroatoms. The number of hydrogen-bond donors (Lipinski definition) is 1. The minimum Gasteiger partial charge on any atom is -0.482 e. The molecule has 1 amide bonds. The fourth-order valence-corrected chi connectivity index (χ4v) is 4.45. The zero-order valence-corrected chi connectivity index (χ0v) is 19.8. The molecule has 36 heavy (non-hydrogen) atoms. The smallest absolute Gasteiger partial charge is 0.329 e. The van der Waals surface area contributed by atoms with E-state index in [1.54, 1.807) is 24.9 Å². The number of ether oxygens (including phenoxy) is 2. The van der Waals surface area contributed by atoms with Gasteiger partial charge < -0.3 is 14.4 Å². The summed E-state index contributed by atoms with van der Waals surface area (Å²) in [5, 5.41) is 6.37. The lowest BCUT2D eigenvalue weighted by atomic mass is 10.0. The number of rotatable bonds is 6. The number of imidazole rings is 1. The molecule has 10 nitrogen and oxygen atoms in total. The number of benzene rings is 2. The Morgan fingerprint density at radius 3 is 2.67 bits per heavy atom. The number of carbonyl (C=O) groups is 1. The standard InChI is InChI=1S/C24H24F2N6O4/c1-14-7-15(8-18(26)23(14)36-12-20-27-13-28-29-20)17-9-16(25)10-19-22(17)30(2)24(34)32(19)11-21(33)31-3-5-35-6-4-31/h7-10,13H,3-6,11-12H2,1-2H3,(H,27,28,29). The summed E-state index contributed by atoms with van der Waals surface area (Å²) in [6.07, 6.45) is 1.32. The molecule has 0 atom stereocenters. The minimum absolute atomic E-state index is 0.00413. The van der Waals surface area contributed by atoms with E-state index in [1.807, 2.05) is 0 Å². The van der Waals surface area contributed by atoms with Crippen molar-refractivity contribution in [2.75, 3.05) is 26.3 Å². The molecule has 1 aliphatic rings. The third-order valence-electron chi connectivity index (χ3n) is 6.21. The molecule has 2 aromatic heterocycles. The summed E-state index contributed by atoms with van der Waals surface area (Å²) < 4.78 is 43.3. The van der Waals surface area contributed by atoms with Crippen LogP contribution in [0.5, 0.6) is 5.75 Å². The van der Waals surface area contributed by atoms with Gasteiger partial charge in [0.2, 0.25) is 5.91 Å². The van der Waals surface area contributed by atoms with E-state index in [9.17, 15) is 14.0 Å². The Kier molecular flexibility index (Phi) is 6.27. The number of morpholine rings is 1. The van der Waals surface area contributed by atoms with Crippen LogP contribution in [0.4, 0.5) is 8.78 Å². The second kappa shape index (κ2) is 9.53. The van der Waals surface area contributed by atoms with Gasteiger partial charge in [0.1, 0.15) is 25.3 Å². The average Bonchev–Trinajstić information content (AvgIpc) is 3.46. The number of amides is 1. The van der Waals surface area contributed by atoms with Crippen molar-refractivity contribution in [3.8, 4) is 16.9 Å². The maximum absolute atomic E-state index is 15.1. The van der Waals surface area contributed by atoms with E-state index in [1.165, 1.54) is 33.7 Å². The van der Waals surface area contributed by atoms with Crippen LogP contribution in [-0.4, -0.2) is 61.4 Å². The van der Waals surface area contributed by atoms with Gasteiger partial charge in [0, 0.05) is 25.7 Å². The highest BCUT2D eigenvalue weighted by Gasteiger charge is 2.23. The fourth-order valence-electron chi connectivity index (χ4n) is 4.45. The van der Waals surface area contributed by atoms with Crippen molar-refractivity contribution in [2.45, 2.75) is 20.1 Å². The third-order valence-corrected chi connectivity index (χ3v) is 6.21. The predicted octanol–water partition coefficient (Wildman–Crippen LogP) is 2.15. The number of fused-ring (bicyclic) bond motifs is 1. The number of nitrogens with one attached hydrogen (secondary N) is 1. The van der Waals surface area contributed by atoms with Crippen molar-refractivity contribution in [3.63, 3.8) is 0 Å². The molecular formula is C24H24F2N6O4. The normalized spacial score (nSPS) is 13.9. The molecule has 1 saturated heterocycles. The summed E-state index contributed by atoms with van der Waals surface area (Å²) in [5.41, 5.74) is 1.35. The molecule has 0 unspecified atom stereocenters. The molecule has 4 aromatic rings. The van der Waals surface area contributed by atoms with Crippen LogP contribution in [0.25, 0.3) is 22.2 Å². The molecule has 1 fully saturated rings. The van der Waals surface area contributed by atoms with Crippen LogP contribution < -0.4 is 10.4 Å². The molecule has 0 aliphatic carbocycles. The molecule has 0 bridgehead atoms. The van der Waals surface area contributed by atoms with E-state index in [2.05, 4.69) is 15.2 Å². The van der Waals surface area contributed by atoms with Gasteiger partial charge in [-0.05, 0) is 42.3 Å². The largest absolute Gasteiger partial charge is 0.482 e. The Hall–Kier alpha value is -4.06. The molecular weight excluding hydrogens is 474 g/mol. The van der Waals surface area contributed by atoms with E-state index in [0.717, 1.165) is 0 Å². The average molecular weight is 498 g/mol. The van der Waals surface area contributed by atoms with E-state index >= 15 is 4.39 Å². The van der Waals surface area contributed by atoms with Crippen molar-refractivity contribution < 1.29 is 23.0 Å². The molecule has 0 spiro atoms. The molecule has 1 N–H and O–H groups in total. The van der Waals surface area contributed by atoms with Gasteiger partial charge in [0.25, 0.3) is 0 Å². The van der Waals surface area contributed by atoms with Gasteiger partial charge in [0.15, 0.2) is 17.4 Å². The maximum atomic E-state index is 15.1. The molecule has 5 rings (SSSR count). The quantitative estimate of drug-likeness (QED) is 0.437. The maximum Gasteiger partial charge on any atom is 0.329 e. The van der Waals surface area contributed by atoms with Gasteiger partial charge >= 0.3 is 5.69 Å². The summed E-state index contributed by atoms with van der Waals surface area (Å²) in [6, 6.07) is 5.36. The van der Waals surface area contributed by atoms with Crippen LogP contribution >= 0.6 is 0 Å². The summed E-state index contributed by atoms with van der Waals surface area (Å²) in [5.74, 6) is -1.04. The fraction of sp³-hybridized carbons (Fsp3) is 0.333. The van der Waals surface area contributed by atoms with Crippen molar-refractivity contribution in [2.24, 2.45) is 7.05 Å². The first-order valence-corrected chi connectivity index (χ1v) is 11.4. The first-order chi connectivity index (χ1) is 17.3. The van der Waals surface area contributed by atoms with Crippen LogP contribution in [0.15, 0.2) is 35.4 Å². The SMILES string of the molecule is Cc1cc(-c2cc(F)cc3c2n(C)c(=O)n3CC(=O)N2CCOCC2)cc(F)c1OCc1ncn[nH]1. The highest BCUT2D eigenvalue weighted by atomic mass is 19.1. The number of halogens is 2. The molecule has 188 valence electrons. The Morgan fingerprint density at radius 1 is 1.19 bits per heavy atom. The van der Waals surface area contributed by atoms with Crippen LogP contribution in [0, 0.1) is 18.6 Å².